The number of carbonyl (C=O) groups is 1. The Hall–Kier alpha value is -2.05. The summed E-state index contributed by atoms with van der Waals surface area (Å²) in [6.45, 7) is 4.35. The smallest absolute Gasteiger partial charge is 0.251 e. The van der Waals surface area contributed by atoms with Crippen LogP contribution in [0.15, 0.2) is 47.4 Å². The van der Waals surface area contributed by atoms with Crippen molar-refractivity contribution in [3.8, 4) is 5.75 Å². The predicted molar refractivity (Wildman–Crippen MR) is 98.1 cm³/mol. The largest absolute Gasteiger partial charge is 0.494 e. The van der Waals surface area contributed by atoms with Crippen LogP contribution in [-0.2, 0) is 9.84 Å². The molecule has 0 radical (unpaired) electrons. The van der Waals surface area contributed by atoms with Crippen LogP contribution in [0.1, 0.15) is 35.8 Å². The molecule has 2 aromatic carbocycles. The third-order valence-corrected chi connectivity index (χ3v) is 5.21. The number of sulfone groups is 1. The van der Waals surface area contributed by atoms with Crippen molar-refractivity contribution in [1.29, 1.82) is 0 Å². The van der Waals surface area contributed by atoms with Gasteiger partial charge in [0.2, 0.25) is 0 Å². The van der Waals surface area contributed by atoms with Gasteiger partial charge in [0, 0.05) is 11.8 Å². The zero-order valence-electron chi connectivity index (χ0n) is 14.2. The summed E-state index contributed by atoms with van der Waals surface area (Å²) in [5, 5.41) is 2.94. The molecule has 0 fully saturated rings. The minimum atomic E-state index is -3.51. The third-order valence-electron chi connectivity index (χ3n) is 3.63. The first-order chi connectivity index (χ1) is 11.7. The van der Waals surface area contributed by atoms with Gasteiger partial charge < -0.3 is 10.1 Å². The topological polar surface area (TPSA) is 72.5 Å². The van der Waals surface area contributed by atoms with Gasteiger partial charge in [-0.1, -0.05) is 23.7 Å². The number of hydrogen-bond acceptors (Lipinski definition) is 4. The molecule has 1 atom stereocenters. The molecule has 0 aliphatic rings. The molecule has 25 heavy (non-hydrogen) atoms. The zero-order valence-corrected chi connectivity index (χ0v) is 15.8. The minimum Gasteiger partial charge on any atom is -0.494 e. The van der Waals surface area contributed by atoms with Gasteiger partial charge in [-0.3, -0.25) is 4.79 Å². The average molecular weight is 382 g/mol. The summed E-state index contributed by atoms with van der Waals surface area (Å²) in [4.78, 5) is 12.4. The average Bonchev–Trinajstić information content (AvgIpc) is 2.55. The molecule has 2 aromatic rings. The fourth-order valence-corrected chi connectivity index (χ4v) is 3.61. The van der Waals surface area contributed by atoms with Crippen molar-refractivity contribution < 1.29 is 17.9 Å². The lowest BCUT2D eigenvalue weighted by Gasteiger charge is -2.15. The van der Waals surface area contributed by atoms with E-state index < -0.39 is 9.84 Å². The summed E-state index contributed by atoms with van der Waals surface area (Å²) in [5.41, 5.74) is 1.15. The molecule has 1 N–H and O–H groups in total. The second-order valence-corrected chi connectivity index (χ2v) is 8.01. The number of carbonyl (C=O) groups excluding carboxylic acids is 1. The summed E-state index contributed by atoms with van der Waals surface area (Å²) >= 11 is 5.90. The Morgan fingerprint density at radius 1 is 1.20 bits per heavy atom. The highest BCUT2D eigenvalue weighted by atomic mass is 35.5. The van der Waals surface area contributed by atoms with Crippen LogP contribution in [0.2, 0.25) is 5.02 Å². The van der Waals surface area contributed by atoms with E-state index in [1.807, 2.05) is 38.1 Å². The monoisotopic (exact) mass is 381 g/mol. The van der Waals surface area contributed by atoms with Crippen molar-refractivity contribution in [1.82, 2.24) is 5.32 Å². The first-order valence-electron chi connectivity index (χ1n) is 7.75. The Labute approximate surface area is 152 Å². The van der Waals surface area contributed by atoms with Gasteiger partial charge in [-0.15, -0.1) is 0 Å². The maximum absolute atomic E-state index is 12.4. The highest BCUT2D eigenvalue weighted by Crippen LogP contribution is 2.23. The fourth-order valence-electron chi connectivity index (χ4n) is 2.31. The van der Waals surface area contributed by atoms with Gasteiger partial charge in [-0.2, -0.15) is 0 Å². The Morgan fingerprint density at radius 2 is 1.84 bits per heavy atom. The van der Waals surface area contributed by atoms with Crippen molar-refractivity contribution in [3.05, 3.63) is 58.6 Å². The quantitative estimate of drug-likeness (QED) is 0.829. The van der Waals surface area contributed by atoms with Crippen molar-refractivity contribution >= 4 is 27.3 Å². The summed E-state index contributed by atoms with van der Waals surface area (Å²) in [6, 6.07) is 11.4. The van der Waals surface area contributed by atoms with E-state index in [4.69, 9.17) is 16.3 Å². The summed E-state index contributed by atoms with van der Waals surface area (Å²) < 4.78 is 28.8. The Kier molecular flexibility index (Phi) is 6.08. The second-order valence-electron chi connectivity index (χ2n) is 5.61. The van der Waals surface area contributed by atoms with Gasteiger partial charge in [0.15, 0.2) is 9.84 Å². The van der Waals surface area contributed by atoms with E-state index in [1.165, 1.54) is 18.2 Å². The lowest BCUT2D eigenvalue weighted by molar-refractivity contribution is 0.0939. The molecule has 0 aliphatic heterocycles. The minimum absolute atomic E-state index is 0.0597. The number of rotatable bonds is 6. The van der Waals surface area contributed by atoms with Gasteiger partial charge in [-0.05, 0) is 49.7 Å². The van der Waals surface area contributed by atoms with Crippen LogP contribution >= 0.6 is 11.6 Å². The van der Waals surface area contributed by atoms with Gasteiger partial charge in [0.1, 0.15) is 5.75 Å². The number of nitrogens with one attached hydrogen (secondary N) is 1. The van der Waals surface area contributed by atoms with Crippen LogP contribution < -0.4 is 10.1 Å². The first-order valence-corrected chi connectivity index (χ1v) is 10.0. The van der Waals surface area contributed by atoms with Gasteiger partial charge >= 0.3 is 0 Å². The molecule has 5 nitrogen and oxygen atoms in total. The molecule has 0 aromatic heterocycles. The molecular formula is C18H20ClNO4S. The highest BCUT2D eigenvalue weighted by Gasteiger charge is 2.17. The predicted octanol–water partition coefficient (Wildman–Crippen LogP) is 3.63. The first kappa shape index (κ1) is 19.3. The van der Waals surface area contributed by atoms with Crippen LogP contribution in [0, 0.1) is 0 Å². The maximum Gasteiger partial charge on any atom is 0.251 e. The van der Waals surface area contributed by atoms with Crippen LogP contribution in [0.4, 0.5) is 0 Å². The van der Waals surface area contributed by atoms with Crippen molar-refractivity contribution in [2.24, 2.45) is 0 Å². The molecule has 1 amide bonds. The third kappa shape index (κ3) is 4.96. The van der Waals surface area contributed by atoms with E-state index in [-0.39, 0.29) is 27.4 Å². The van der Waals surface area contributed by atoms with Crippen molar-refractivity contribution in [3.63, 3.8) is 0 Å². The maximum atomic E-state index is 12.4. The molecule has 7 heteroatoms. The van der Waals surface area contributed by atoms with Crippen LogP contribution in [0.5, 0.6) is 5.75 Å². The van der Waals surface area contributed by atoms with Crippen LogP contribution in [0.25, 0.3) is 0 Å². The number of hydrogen-bond donors (Lipinski definition) is 1. The lowest BCUT2D eigenvalue weighted by atomic mass is 10.1. The summed E-state index contributed by atoms with van der Waals surface area (Å²) in [5.74, 6) is 0.392. The Balaban J connectivity index is 2.16. The number of ether oxygens (including phenoxy) is 1. The van der Waals surface area contributed by atoms with E-state index in [0.717, 1.165) is 17.6 Å². The SMILES string of the molecule is CCOc1ccc(C(C)NC(=O)c2ccc(Cl)c(S(C)(=O)=O)c2)cc1. The number of halogens is 1. The second kappa shape index (κ2) is 7.89. The van der Waals surface area contributed by atoms with Gasteiger partial charge in [-0.25, -0.2) is 8.42 Å². The lowest BCUT2D eigenvalue weighted by Crippen LogP contribution is -2.26. The summed E-state index contributed by atoms with van der Waals surface area (Å²) in [7, 11) is -3.51. The molecule has 0 bridgehead atoms. The Bertz CT molecular complexity index is 863. The van der Waals surface area contributed by atoms with E-state index in [2.05, 4.69) is 5.32 Å². The molecule has 2 rings (SSSR count). The van der Waals surface area contributed by atoms with E-state index in [0.29, 0.717) is 6.61 Å². The molecular weight excluding hydrogens is 362 g/mol. The summed E-state index contributed by atoms with van der Waals surface area (Å²) in [6.07, 6.45) is 1.05. The van der Waals surface area contributed by atoms with Crippen molar-refractivity contribution in [2.45, 2.75) is 24.8 Å². The fraction of sp³-hybridized carbons (Fsp3) is 0.278. The molecule has 0 saturated carbocycles. The zero-order chi connectivity index (χ0) is 18.6. The molecule has 0 heterocycles. The van der Waals surface area contributed by atoms with Crippen molar-refractivity contribution in [2.75, 3.05) is 12.9 Å². The highest BCUT2D eigenvalue weighted by molar-refractivity contribution is 7.90. The standard InChI is InChI=1S/C18H20ClNO4S/c1-4-24-15-8-5-13(6-9-15)12(2)20-18(21)14-7-10-16(19)17(11-14)25(3,22)23/h5-12H,4H2,1-3H3,(H,20,21). The molecule has 0 aliphatic carbocycles. The molecule has 134 valence electrons. The van der Waals surface area contributed by atoms with E-state index in [9.17, 15) is 13.2 Å². The van der Waals surface area contributed by atoms with Gasteiger partial charge in [0.25, 0.3) is 5.91 Å². The number of benzene rings is 2. The molecule has 0 saturated heterocycles. The van der Waals surface area contributed by atoms with Crippen LogP contribution in [-0.4, -0.2) is 27.2 Å². The van der Waals surface area contributed by atoms with Crippen LogP contribution in [0.3, 0.4) is 0 Å². The van der Waals surface area contributed by atoms with Gasteiger partial charge in [0.05, 0.1) is 22.6 Å². The Morgan fingerprint density at radius 3 is 2.40 bits per heavy atom. The molecule has 0 spiro atoms. The molecule has 1 unspecified atom stereocenters. The number of amides is 1. The normalized spacial score (nSPS) is 12.5. The van der Waals surface area contributed by atoms with E-state index in [1.54, 1.807) is 0 Å². The van der Waals surface area contributed by atoms with E-state index >= 15 is 0 Å².